The van der Waals surface area contributed by atoms with Gasteiger partial charge in [-0.3, -0.25) is 0 Å². The van der Waals surface area contributed by atoms with E-state index in [1.54, 1.807) is 13.8 Å². The summed E-state index contributed by atoms with van der Waals surface area (Å²) >= 11 is 0. The highest BCUT2D eigenvalue weighted by atomic mass is 16.3. The maximum atomic E-state index is 10.8. The fourth-order valence-corrected chi connectivity index (χ4v) is 2.49. The van der Waals surface area contributed by atoms with E-state index in [1.165, 1.54) is 0 Å². The van der Waals surface area contributed by atoms with E-state index in [9.17, 15) is 10.2 Å². The Hall–Kier alpha value is -0.940. The molecule has 1 aliphatic carbocycles. The monoisotopic (exact) mass is 236 g/mol. The van der Waals surface area contributed by atoms with E-state index in [-0.39, 0.29) is 17.1 Å². The van der Waals surface area contributed by atoms with Crippen LogP contribution in [0.4, 0.5) is 0 Å². The number of hydrogen-bond acceptors (Lipinski definition) is 2. The second-order valence-corrected chi connectivity index (χ2v) is 5.90. The van der Waals surface area contributed by atoms with Crippen molar-refractivity contribution in [2.75, 3.05) is 0 Å². The second kappa shape index (κ2) is 4.74. The summed E-state index contributed by atoms with van der Waals surface area (Å²) in [6, 6.07) is 0. The van der Waals surface area contributed by atoms with Crippen molar-refractivity contribution in [2.24, 2.45) is 11.3 Å². The highest BCUT2D eigenvalue weighted by Crippen LogP contribution is 2.46. The molecule has 0 aliphatic heterocycles. The van der Waals surface area contributed by atoms with Gasteiger partial charge in [0.2, 0.25) is 0 Å². The first-order valence-corrected chi connectivity index (χ1v) is 6.33. The van der Waals surface area contributed by atoms with E-state index in [0.717, 1.165) is 19.3 Å². The molecule has 0 amide bonds. The van der Waals surface area contributed by atoms with Crippen LogP contribution in [0.25, 0.3) is 0 Å². The van der Waals surface area contributed by atoms with Crippen LogP contribution in [0.2, 0.25) is 0 Å². The molecule has 0 radical (unpaired) electrons. The van der Waals surface area contributed by atoms with E-state index in [2.05, 4.69) is 32.6 Å². The third-order valence-electron chi connectivity index (χ3n) is 4.17. The van der Waals surface area contributed by atoms with Gasteiger partial charge in [-0.15, -0.1) is 0 Å². The van der Waals surface area contributed by atoms with Crippen LogP contribution in [-0.2, 0) is 0 Å². The zero-order valence-corrected chi connectivity index (χ0v) is 11.6. The highest BCUT2D eigenvalue weighted by Gasteiger charge is 2.48. The molecule has 0 aromatic rings. The fourth-order valence-electron chi connectivity index (χ4n) is 2.49. The summed E-state index contributed by atoms with van der Waals surface area (Å²) in [4.78, 5) is 0. The maximum Gasteiger partial charge on any atom is 0.133 e. The Bertz CT molecular complexity index is 377. The Morgan fingerprint density at radius 2 is 1.88 bits per heavy atom. The Morgan fingerprint density at radius 3 is 2.35 bits per heavy atom. The molecule has 2 N–H and O–H groups in total. The molecule has 2 heteroatoms. The molecule has 0 spiro atoms. The van der Waals surface area contributed by atoms with Gasteiger partial charge in [0.05, 0.1) is 0 Å². The molecule has 1 fully saturated rings. The summed E-state index contributed by atoms with van der Waals surface area (Å²) < 4.78 is 0. The van der Waals surface area contributed by atoms with Crippen LogP contribution in [0.1, 0.15) is 53.9 Å². The van der Waals surface area contributed by atoms with E-state index in [1.807, 2.05) is 0 Å². The average Bonchev–Trinajstić information content (AvgIpc) is 2.22. The SMILES string of the molecule is C/C(O)=C(\C)C#CC1(O)C(C)CCCC1(C)C. The molecule has 17 heavy (non-hydrogen) atoms. The van der Waals surface area contributed by atoms with E-state index in [0.29, 0.717) is 5.57 Å². The first-order valence-electron chi connectivity index (χ1n) is 6.33. The van der Waals surface area contributed by atoms with Crippen molar-refractivity contribution in [3.05, 3.63) is 11.3 Å². The lowest BCUT2D eigenvalue weighted by Gasteiger charge is -2.47. The van der Waals surface area contributed by atoms with Gasteiger partial charge in [0, 0.05) is 11.0 Å². The molecule has 0 heterocycles. The molecular weight excluding hydrogens is 212 g/mol. The number of aliphatic hydroxyl groups excluding tert-OH is 1. The van der Waals surface area contributed by atoms with Gasteiger partial charge in [0.25, 0.3) is 0 Å². The predicted molar refractivity (Wildman–Crippen MR) is 70.5 cm³/mol. The van der Waals surface area contributed by atoms with Crippen molar-refractivity contribution in [3.8, 4) is 11.8 Å². The summed E-state index contributed by atoms with van der Waals surface area (Å²) in [5, 5.41) is 20.1. The number of allylic oxidation sites excluding steroid dienone is 2. The molecule has 0 aromatic carbocycles. The van der Waals surface area contributed by atoms with Crippen molar-refractivity contribution < 1.29 is 10.2 Å². The zero-order chi connectivity index (χ0) is 13.3. The lowest BCUT2D eigenvalue weighted by atomic mass is 9.61. The molecule has 1 saturated carbocycles. The fraction of sp³-hybridized carbons (Fsp3) is 0.733. The minimum atomic E-state index is -0.956. The molecule has 1 rings (SSSR count). The first kappa shape index (κ1) is 14.1. The van der Waals surface area contributed by atoms with E-state index < -0.39 is 5.60 Å². The smallest absolute Gasteiger partial charge is 0.133 e. The quantitative estimate of drug-likeness (QED) is 0.500. The molecular formula is C15H24O2. The predicted octanol–water partition coefficient (Wildman–Crippen LogP) is 3.42. The molecule has 0 aromatic heterocycles. The minimum absolute atomic E-state index is 0.172. The van der Waals surface area contributed by atoms with Crippen LogP contribution < -0.4 is 0 Å². The lowest BCUT2D eigenvalue weighted by molar-refractivity contribution is -0.0860. The standard InChI is InChI=1S/C15H24O2/c1-11(13(3)16)8-10-15(17)12(2)7-6-9-14(15,4)5/h12,16-17H,6-7,9H2,1-5H3/b13-11-. The molecule has 0 bridgehead atoms. The molecule has 0 saturated heterocycles. The lowest BCUT2D eigenvalue weighted by Crippen LogP contribution is -2.51. The molecule has 96 valence electrons. The van der Waals surface area contributed by atoms with Gasteiger partial charge in [-0.25, -0.2) is 0 Å². The number of hydrogen-bond donors (Lipinski definition) is 2. The maximum absolute atomic E-state index is 10.8. The van der Waals surface area contributed by atoms with Crippen LogP contribution in [-0.4, -0.2) is 15.8 Å². The third-order valence-corrected chi connectivity index (χ3v) is 4.17. The molecule has 1 aliphatic rings. The largest absolute Gasteiger partial charge is 0.512 e. The van der Waals surface area contributed by atoms with Crippen molar-refractivity contribution in [1.29, 1.82) is 0 Å². The van der Waals surface area contributed by atoms with Crippen LogP contribution in [0.15, 0.2) is 11.3 Å². The van der Waals surface area contributed by atoms with Gasteiger partial charge in [-0.05, 0) is 32.6 Å². The topological polar surface area (TPSA) is 40.5 Å². The van der Waals surface area contributed by atoms with Crippen LogP contribution in [0.3, 0.4) is 0 Å². The van der Waals surface area contributed by atoms with Crippen molar-refractivity contribution in [2.45, 2.75) is 59.5 Å². The summed E-state index contributed by atoms with van der Waals surface area (Å²) in [7, 11) is 0. The van der Waals surface area contributed by atoms with E-state index in [4.69, 9.17) is 0 Å². The van der Waals surface area contributed by atoms with Gasteiger partial charge in [0.1, 0.15) is 11.4 Å². The number of rotatable bonds is 0. The van der Waals surface area contributed by atoms with Crippen molar-refractivity contribution in [1.82, 2.24) is 0 Å². The Balaban J connectivity index is 3.10. The molecule has 2 atom stereocenters. The normalized spacial score (nSPS) is 33.4. The van der Waals surface area contributed by atoms with Gasteiger partial charge in [-0.1, -0.05) is 39.0 Å². The number of aliphatic hydroxyl groups is 2. The van der Waals surface area contributed by atoms with Gasteiger partial charge >= 0.3 is 0 Å². The van der Waals surface area contributed by atoms with Crippen molar-refractivity contribution >= 4 is 0 Å². The van der Waals surface area contributed by atoms with Crippen LogP contribution in [0.5, 0.6) is 0 Å². The summed E-state index contributed by atoms with van der Waals surface area (Å²) in [5.41, 5.74) is -0.518. The first-order chi connectivity index (χ1) is 7.71. The van der Waals surface area contributed by atoms with E-state index >= 15 is 0 Å². The summed E-state index contributed by atoms with van der Waals surface area (Å²) in [5.74, 6) is 6.31. The third kappa shape index (κ3) is 2.66. The Morgan fingerprint density at radius 1 is 1.29 bits per heavy atom. The molecule has 2 nitrogen and oxygen atoms in total. The zero-order valence-electron chi connectivity index (χ0n) is 11.6. The summed E-state index contributed by atoms with van der Waals surface area (Å²) in [6.07, 6.45) is 3.14. The Kier molecular flexibility index (Phi) is 3.94. The second-order valence-electron chi connectivity index (χ2n) is 5.90. The highest BCUT2D eigenvalue weighted by molar-refractivity contribution is 5.33. The van der Waals surface area contributed by atoms with Crippen molar-refractivity contribution in [3.63, 3.8) is 0 Å². The van der Waals surface area contributed by atoms with Gasteiger partial charge in [-0.2, -0.15) is 0 Å². The van der Waals surface area contributed by atoms with Crippen LogP contribution >= 0.6 is 0 Å². The summed E-state index contributed by atoms with van der Waals surface area (Å²) in [6.45, 7) is 9.58. The molecule has 2 unspecified atom stereocenters. The average molecular weight is 236 g/mol. The Labute approximate surface area is 105 Å². The minimum Gasteiger partial charge on any atom is -0.512 e. The van der Waals surface area contributed by atoms with Gasteiger partial charge in [0.15, 0.2) is 0 Å². The van der Waals surface area contributed by atoms with Gasteiger partial charge < -0.3 is 10.2 Å². The van der Waals surface area contributed by atoms with Crippen LogP contribution in [0, 0.1) is 23.2 Å².